The normalized spacial score (nSPS) is 31.8. The third kappa shape index (κ3) is 2.00. The van der Waals surface area contributed by atoms with Crippen molar-refractivity contribution in [3.63, 3.8) is 0 Å². The van der Waals surface area contributed by atoms with Crippen LogP contribution >= 0.6 is 0 Å². The monoisotopic (exact) mass is 311 g/mol. The van der Waals surface area contributed by atoms with Crippen LogP contribution in [-0.4, -0.2) is 66.4 Å². The molecule has 0 saturated carbocycles. The van der Waals surface area contributed by atoms with E-state index < -0.39 is 30.6 Å². The highest BCUT2D eigenvalue weighted by Crippen LogP contribution is 2.39. The summed E-state index contributed by atoms with van der Waals surface area (Å²) in [7, 11) is 1.42. The van der Waals surface area contributed by atoms with Gasteiger partial charge in [-0.25, -0.2) is 4.98 Å². The molecule has 10 heteroatoms. The number of methoxy groups -OCH3 is 1. The van der Waals surface area contributed by atoms with E-state index in [2.05, 4.69) is 15.0 Å². The minimum Gasteiger partial charge on any atom is -0.479 e. The van der Waals surface area contributed by atoms with E-state index in [9.17, 15) is 15.3 Å². The zero-order valence-electron chi connectivity index (χ0n) is 12.0. The minimum absolute atomic E-state index is 0.0250. The van der Waals surface area contributed by atoms with E-state index in [1.54, 1.807) is 0 Å². The van der Waals surface area contributed by atoms with E-state index in [0.717, 1.165) is 0 Å². The van der Waals surface area contributed by atoms with Crippen molar-refractivity contribution in [1.29, 1.82) is 0 Å². The second-order valence-electron chi connectivity index (χ2n) is 5.30. The Morgan fingerprint density at radius 2 is 2.23 bits per heavy atom. The number of nitrogens with zero attached hydrogens (tertiary/aromatic N) is 4. The molecule has 1 fully saturated rings. The fourth-order valence-electron chi connectivity index (χ4n) is 2.61. The molecular formula is C12H17N5O5. The van der Waals surface area contributed by atoms with E-state index >= 15 is 0 Å². The first-order valence-corrected chi connectivity index (χ1v) is 6.61. The van der Waals surface area contributed by atoms with Crippen LogP contribution in [0.4, 0.5) is 5.95 Å². The predicted molar refractivity (Wildman–Crippen MR) is 73.9 cm³/mol. The molecule has 3 rings (SSSR count). The van der Waals surface area contributed by atoms with Gasteiger partial charge in [0.15, 0.2) is 17.4 Å². The van der Waals surface area contributed by atoms with Crippen LogP contribution in [-0.2, 0) is 4.74 Å². The summed E-state index contributed by atoms with van der Waals surface area (Å²) in [4.78, 5) is 12.1. The van der Waals surface area contributed by atoms with Gasteiger partial charge in [-0.05, 0) is 6.92 Å². The molecule has 0 aromatic carbocycles. The van der Waals surface area contributed by atoms with Crippen LogP contribution in [0.15, 0.2) is 6.33 Å². The first-order chi connectivity index (χ1) is 10.4. The number of rotatable bonds is 3. The van der Waals surface area contributed by atoms with Gasteiger partial charge in [0.05, 0.1) is 20.0 Å². The van der Waals surface area contributed by atoms with Gasteiger partial charge < -0.3 is 30.5 Å². The number of hydrogen-bond donors (Lipinski definition) is 4. The van der Waals surface area contributed by atoms with Crippen LogP contribution in [0.3, 0.4) is 0 Å². The number of anilines is 1. The summed E-state index contributed by atoms with van der Waals surface area (Å²) in [6, 6.07) is 0. The molecule has 1 aliphatic heterocycles. The largest absolute Gasteiger partial charge is 0.479 e. The third-order valence-corrected chi connectivity index (χ3v) is 3.79. The molecule has 22 heavy (non-hydrogen) atoms. The van der Waals surface area contributed by atoms with Crippen molar-refractivity contribution >= 4 is 17.1 Å². The van der Waals surface area contributed by atoms with Gasteiger partial charge in [0.1, 0.15) is 17.8 Å². The quantitative estimate of drug-likeness (QED) is 0.526. The molecule has 10 nitrogen and oxygen atoms in total. The molecule has 2 aromatic rings. The molecule has 0 bridgehead atoms. The Balaban J connectivity index is 2.13. The maximum absolute atomic E-state index is 10.5. The zero-order chi connectivity index (χ0) is 16.1. The number of aliphatic hydroxyl groups is 3. The zero-order valence-corrected chi connectivity index (χ0v) is 12.0. The highest BCUT2D eigenvalue weighted by atomic mass is 16.6. The van der Waals surface area contributed by atoms with E-state index in [-0.39, 0.29) is 11.8 Å². The van der Waals surface area contributed by atoms with Crippen molar-refractivity contribution < 1.29 is 24.8 Å². The molecule has 4 atom stereocenters. The standard InChI is InChI=1S/C12H17N5O5/c1-12(20)7(19)5(3-18)22-10(12)17-4-14-6-8(17)15-11(13)16-9(6)21-2/h4-5,7,10,18-20H,3H2,1-2H3,(H2,13,15,16)/t5-,7?,10-,12+/m1/s1. The SMILES string of the molecule is COc1nc(N)nc2c1ncn2[C@@H]1O[C@H](CO)C(O)[C@]1(C)O. The molecule has 0 amide bonds. The Hall–Kier alpha value is -2.01. The average molecular weight is 311 g/mol. The fraction of sp³-hybridized carbons (Fsp3) is 0.583. The summed E-state index contributed by atoms with van der Waals surface area (Å²) in [6.07, 6.45) is -1.80. The maximum atomic E-state index is 10.5. The van der Waals surface area contributed by atoms with Crippen LogP contribution in [0, 0.1) is 0 Å². The fourth-order valence-corrected chi connectivity index (χ4v) is 2.61. The van der Waals surface area contributed by atoms with E-state index in [1.807, 2.05) is 0 Å². The summed E-state index contributed by atoms with van der Waals surface area (Å²) < 4.78 is 12.1. The number of fused-ring (bicyclic) bond motifs is 1. The van der Waals surface area contributed by atoms with Gasteiger partial charge in [0.25, 0.3) is 0 Å². The number of nitrogen functional groups attached to an aromatic ring is 1. The Kier molecular flexibility index (Phi) is 3.40. The Labute approximate surface area is 125 Å². The highest BCUT2D eigenvalue weighted by molar-refractivity contribution is 5.77. The van der Waals surface area contributed by atoms with Crippen LogP contribution in [0.2, 0.25) is 0 Å². The summed E-state index contributed by atoms with van der Waals surface area (Å²) in [5.74, 6) is 0.168. The molecule has 1 aliphatic rings. The molecule has 1 saturated heterocycles. The van der Waals surface area contributed by atoms with Gasteiger partial charge in [-0.1, -0.05) is 0 Å². The minimum atomic E-state index is -1.64. The Bertz CT molecular complexity index is 703. The number of imidazole rings is 1. The topological polar surface area (TPSA) is 149 Å². The molecule has 1 unspecified atom stereocenters. The predicted octanol–water partition coefficient (Wildman–Crippen LogP) is -1.58. The molecule has 0 radical (unpaired) electrons. The van der Waals surface area contributed by atoms with Crippen molar-refractivity contribution in [2.24, 2.45) is 0 Å². The molecule has 2 aromatic heterocycles. The highest BCUT2D eigenvalue weighted by Gasteiger charge is 2.53. The van der Waals surface area contributed by atoms with Crippen LogP contribution in [0.25, 0.3) is 11.2 Å². The maximum Gasteiger partial charge on any atom is 0.246 e. The van der Waals surface area contributed by atoms with Crippen molar-refractivity contribution in [3.05, 3.63) is 6.33 Å². The lowest BCUT2D eigenvalue weighted by Crippen LogP contribution is -2.44. The third-order valence-electron chi connectivity index (χ3n) is 3.79. The number of aliphatic hydroxyl groups excluding tert-OH is 2. The first-order valence-electron chi connectivity index (χ1n) is 6.61. The van der Waals surface area contributed by atoms with E-state index in [0.29, 0.717) is 11.2 Å². The summed E-state index contributed by atoms with van der Waals surface area (Å²) in [5.41, 5.74) is 4.63. The van der Waals surface area contributed by atoms with Gasteiger partial charge in [0.2, 0.25) is 11.8 Å². The van der Waals surface area contributed by atoms with Gasteiger partial charge in [-0.2, -0.15) is 9.97 Å². The lowest BCUT2D eigenvalue weighted by atomic mass is 9.96. The van der Waals surface area contributed by atoms with Gasteiger partial charge in [0, 0.05) is 0 Å². The number of aromatic nitrogens is 4. The summed E-state index contributed by atoms with van der Waals surface area (Å²) in [5, 5.41) is 29.8. The Morgan fingerprint density at radius 3 is 2.82 bits per heavy atom. The summed E-state index contributed by atoms with van der Waals surface area (Å²) >= 11 is 0. The first kappa shape index (κ1) is 14.9. The molecule has 3 heterocycles. The van der Waals surface area contributed by atoms with Gasteiger partial charge in [-0.15, -0.1) is 0 Å². The van der Waals surface area contributed by atoms with Gasteiger partial charge in [-0.3, -0.25) is 4.57 Å². The van der Waals surface area contributed by atoms with E-state index in [4.69, 9.17) is 15.2 Å². The number of ether oxygens (including phenoxy) is 2. The lowest BCUT2D eigenvalue weighted by molar-refractivity contribution is -0.0950. The van der Waals surface area contributed by atoms with Crippen LogP contribution in [0.1, 0.15) is 13.2 Å². The van der Waals surface area contributed by atoms with Crippen LogP contribution < -0.4 is 10.5 Å². The van der Waals surface area contributed by atoms with Crippen molar-refractivity contribution in [2.45, 2.75) is 31.0 Å². The van der Waals surface area contributed by atoms with Gasteiger partial charge >= 0.3 is 0 Å². The molecule has 120 valence electrons. The second kappa shape index (κ2) is 5.02. The lowest BCUT2D eigenvalue weighted by Gasteiger charge is -2.27. The smallest absolute Gasteiger partial charge is 0.246 e. The number of hydrogen-bond acceptors (Lipinski definition) is 9. The molecule has 0 aliphatic carbocycles. The van der Waals surface area contributed by atoms with Crippen molar-refractivity contribution in [1.82, 2.24) is 19.5 Å². The average Bonchev–Trinajstić information content (AvgIpc) is 2.98. The van der Waals surface area contributed by atoms with Crippen molar-refractivity contribution in [3.8, 4) is 5.88 Å². The molecule has 0 spiro atoms. The summed E-state index contributed by atoms with van der Waals surface area (Å²) in [6.45, 7) is 0.979. The second-order valence-corrected chi connectivity index (χ2v) is 5.30. The molecular weight excluding hydrogens is 294 g/mol. The number of nitrogens with two attached hydrogens (primary N) is 1. The van der Waals surface area contributed by atoms with Crippen molar-refractivity contribution in [2.75, 3.05) is 19.5 Å². The Morgan fingerprint density at radius 1 is 1.50 bits per heavy atom. The van der Waals surface area contributed by atoms with Crippen LogP contribution in [0.5, 0.6) is 5.88 Å². The molecule has 5 N–H and O–H groups in total. The van der Waals surface area contributed by atoms with E-state index in [1.165, 1.54) is 24.9 Å².